The number of methoxy groups -OCH3 is 1. The summed E-state index contributed by atoms with van der Waals surface area (Å²) < 4.78 is 74.4. The van der Waals surface area contributed by atoms with E-state index >= 15 is 0 Å². The molecule has 0 saturated heterocycles. The first-order valence-corrected chi connectivity index (χ1v) is 15.8. The van der Waals surface area contributed by atoms with Crippen LogP contribution in [-0.4, -0.2) is 50.9 Å². The molecule has 0 bridgehead atoms. The van der Waals surface area contributed by atoms with Crippen LogP contribution in [0.2, 0.25) is 0 Å². The van der Waals surface area contributed by atoms with Crippen LogP contribution in [0.4, 0.5) is 18.9 Å². The lowest BCUT2D eigenvalue weighted by Gasteiger charge is -2.33. The van der Waals surface area contributed by atoms with Crippen LogP contribution < -0.4 is 14.4 Å². The van der Waals surface area contributed by atoms with Crippen LogP contribution >= 0.6 is 0 Å². The van der Waals surface area contributed by atoms with E-state index < -0.39 is 46.2 Å². The van der Waals surface area contributed by atoms with Gasteiger partial charge >= 0.3 is 6.18 Å². The highest BCUT2D eigenvalue weighted by Gasteiger charge is 2.35. The lowest BCUT2D eigenvalue weighted by Crippen LogP contribution is -2.53. The van der Waals surface area contributed by atoms with Crippen LogP contribution in [0.15, 0.2) is 83.8 Å². The molecule has 1 unspecified atom stereocenters. The third-order valence-electron chi connectivity index (χ3n) is 7.70. The van der Waals surface area contributed by atoms with E-state index in [2.05, 4.69) is 5.32 Å². The summed E-state index contributed by atoms with van der Waals surface area (Å²) >= 11 is 0. The van der Waals surface area contributed by atoms with Gasteiger partial charge in [0.05, 0.1) is 23.3 Å². The molecule has 0 heterocycles. The number of hydrogen-bond donors (Lipinski definition) is 1. The number of nitrogens with one attached hydrogen (secondary N) is 1. The van der Waals surface area contributed by atoms with E-state index in [1.165, 1.54) is 42.3 Å². The Hall–Kier alpha value is -4.06. The van der Waals surface area contributed by atoms with Crippen molar-refractivity contribution < 1.29 is 35.9 Å². The van der Waals surface area contributed by atoms with Gasteiger partial charge in [-0.3, -0.25) is 13.9 Å². The molecule has 1 saturated carbocycles. The van der Waals surface area contributed by atoms with Crippen molar-refractivity contribution >= 4 is 27.5 Å². The smallest absolute Gasteiger partial charge is 0.416 e. The lowest BCUT2D eigenvalue weighted by molar-refractivity contribution is -0.139. The summed E-state index contributed by atoms with van der Waals surface area (Å²) in [6.45, 7) is 0.666. The van der Waals surface area contributed by atoms with Gasteiger partial charge in [-0.25, -0.2) is 8.42 Å². The molecule has 4 rings (SSSR count). The summed E-state index contributed by atoms with van der Waals surface area (Å²) in [5.41, 5.74) is -0.750. The first-order chi connectivity index (χ1) is 20.9. The predicted molar refractivity (Wildman–Crippen MR) is 160 cm³/mol. The highest BCUT2D eigenvalue weighted by Crippen LogP contribution is 2.33. The highest BCUT2D eigenvalue weighted by molar-refractivity contribution is 7.92. The zero-order valence-electron chi connectivity index (χ0n) is 24.6. The molecule has 1 aliphatic rings. The molecule has 3 aromatic carbocycles. The summed E-state index contributed by atoms with van der Waals surface area (Å²) in [6, 6.07) is 16.8. The van der Waals surface area contributed by atoms with Gasteiger partial charge in [0.25, 0.3) is 10.0 Å². The Balaban J connectivity index is 1.71. The molecule has 3 aromatic rings. The number of alkyl halides is 3. The zero-order chi connectivity index (χ0) is 31.9. The maximum Gasteiger partial charge on any atom is 0.416 e. The summed E-state index contributed by atoms with van der Waals surface area (Å²) in [4.78, 5) is 28.5. The first kappa shape index (κ1) is 32.8. The van der Waals surface area contributed by atoms with Crippen molar-refractivity contribution in [3.63, 3.8) is 0 Å². The van der Waals surface area contributed by atoms with Crippen LogP contribution in [0.5, 0.6) is 5.75 Å². The zero-order valence-corrected chi connectivity index (χ0v) is 25.4. The Kier molecular flexibility index (Phi) is 10.6. The number of carbonyl (C=O) groups excluding carboxylic acids is 2. The number of rotatable bonds is 11. The maximum absolute atomic E-state index is 14.0. The first-order valence-electron chi connectivity index (χ1n) is 14.4. The Labute approximate surface area is 255 Å². The van der Waals surface area contributed by atoms with Crippen molar-refractivity contribution in [3.05, 3.63) is 90.0 Å². The van der Waals surface area contributed by atoms with Crippen LogP contribution in [0.3, 0.4) is 0 Å². The predicted octanol–water partition coefficient (Wildman–Crippen LogP) is 5.78. The molecule has 8 nitrogen and oxygen atoms in total. The van der Waals surface area contributed by atoms with Gasteiger partial charge in [0.1, 0.15) is 18.3 Å². The van der Waals surface area contributed by atoms with Gasteiger partial charge in [0.15, 0.2) is 0 Å². The van der Waals surface area contributed by atoms with Gasteiger partial charge < -0.3 is 15.0 Å². The SMILES string of the molecule is COc1ccc(CN(C(=O)CN(c2cccc(C(F)(F)F)c2)S(=O)(=O)c2ccccc2)C(C)C(=O)NC2CCCCC2)cc1. The molecule has 0 aliphatic heterocycles. The Morgan fingerprint density at radius 1 is 0.955 bits per heavy atom. The number of amides is 2. The number of nitrogens with zero attached hydrogens (tertiary/aromatic N) is 2. The number of benzene rings is 3. The van der Waals surface area contributed by atoms with E-state index in [1.807, 2.05) is 0 Å². The van der Waals surface area contributed by atoms with Crippen LogP contribution in [0, 0.1) is 0 Å². The third kappa shape index (κ3) is 8.10. The fourth-order valence-electron chi connectivity index (χ4n) is 5.16. The van der Waals surface area contributed by atoms with E-state index in [4.69, 9.17) is 4.74 Å². The third-order valence-corrected chi connectivity index (χ3v) is 9.49. The quantitative estimate of drug-likeness (QED) is 0.290. The molecule has 0 spiro atoms. The highest BCUT2D eigenvalue weighted by atomic mass is 32.2. The second kappa shape index (κ2) is 14.1. The largest absolute Gasteiger partial charge is 0.497 e. The number of ether oxygens (including phenoxy) is 1. The summed E-state index contributed by atoms with van der Waals surface area (Å²) in [6.07, 6.45) is -0.0408. The van der Waals surface area contributed by atoms with Gasteiger partial charge in [-0.15, -0.1) is 0 Å². The average Bonchev–Trinajstić information content (AvgIpc) is 3.02. The summed E-state index contributed by atoms with van der Waals surface area (Å²) in [5, 5.41) is 3.01. The Bertz CT molecular complexity index is 1530. The molecular weight excluding hydrogens is 595 g/mol. The van der Waals surface area contributed by atoms with E-state index in [1.54, 1.807) is 37.3 Å². The molecule has 236 valence electrons. The normalized spacial score (nSPS) is 14.8. The average molecular weight is 632 g/mol. The van der Waals surface area contributed by atoms with E-state index in [9.17, 15) is 31.2 Å². The van der Waals surface area contributed by atoms with E-state index in [0.717, 1.165) is 44.2 Å². The fourth-order valence-corrected chi connectivity index (χ4v) is 6.59. The van der Waals surface area contributed by atoms with Gasteiger partial charge in [-0.05, 0) is 67.8 Å². The van der Waals surface area contributed by atoms with Crippen molar-refractivity contribution in [1.29, 1.82) is 0 Å². The number of hydrogen-bond acceptors (Lipinski definition) is 5. The molecule has 0 aromatic heterocycles. The number of sulfonamides is 1. The molecule has 1 aliphatic carbocycles. The van der Waals surface area contributed by atoms with E-state index in [0.29, 0.717) is 21.7 Å². The standard InChI is InChI=1S/C32H36F3N3O5S/c1-23(31(40)36-26-11-5-3-6-12-26)37(21-24-16-18-28(43-2)19-17-24)30(39)22-38(44(41,42)29-14-7-4-8-15-29)27-13-9-10-25(20-27)32(33,34)35/h4,7-10,13-20,23,26H,3,5-6,11-12,21-22H2,1-2H3,(H,36,40). The van der Waals surface area contributed by atoms with Crippen molar-refractivity contribution in [2.24, 2.45) is 0 Å². The second-order valence-electron chi connectivity index (χ2n) is 10.8. The minimum absolute atomic E-state index is 0.0308. The molecule has 1 atom stereocenters. The van der Waals surface area contributed by atoms with Crippen molar-refractivity contribution in [1.82, 2.24) is 10.2 Å². The van der Waals surface area contributed by atoms with E-state index in [-0.39, 0.29) is 23.2 Å². The van der Waals surface area contributed by atoms with Gasteiger partial charge in [0.2, 0.25) is 11.8 Å². The molecule has 2 amide bonds. The molecule has 12 heteroatoms. The van der Waals surface area contributed by atoms with Gasteiger partial charge in [-0.2, -0.15) is 13.2 Å². The Morgan fingerprint density at radius 2 is 1.61 bits per heavy atom. The number of halogens is 3. The summed E-state index contributed by atoms with van der Waals surface area (Å²) in [7, 11) is -2.98. The second-order valence-corrected chi connectivity index (χ2v) is 12.6. The maximum atomic E-state index is 14.0. The summed E-state index contributed by atoms with van der Waals surface area (Å²) in [5.74, 6) is -0.571. The minimum atomic E-state index is -4.74. The van der Waals surface area contributed by atoms with Crippen LogP contribution in [-0.2, 0) is 32.3 Å². The molecular formula is C32H36F3N3O5S. The van der Waals surface area contributed by atoms with Crippen LogP contribution in [0.25, 0.3) is 0 Å². The van der Waals surface area contributed by atoms with Gasteiger partial charge in [0, 0.05) is 12.6 Å². The topological polar surface area (TPSA) is 96.0 Å². The monoisotopic (exact) mass is 631 g/mol. The molecule has 0 radical (unpaired) electrons. The number of anilines is 1. The Morgan fingerprint density at radius 3 is 2.23 bits per heavy atom. The fraction of sp³-hybridized carbons (Fsp3) is 0.375. The van der Waals surface area contributed by atoms with Crippen molar-refractivity contribution in [2.75, 3.05) is 18.0 Å². The molecule has 1 fully saturated rings. The minimum Gasteiger partial charge on any atom is -0.497 e. The van der Waals surface area contributed by atoms with Gasteiger partial charge in [-0.1, -0.05) is 55.7 Å². The number of carbonyl (C=O) groups is 2. The van der Waals surface area contributed by atoms with Crippen molar-refractivity contribution in [2.45, 2.75) is 68.7 Å². The molecule has 1 N–H and O–H groups in total. The van der Waals surface area contributed by atoms with Crippen molar-refractivity contribution in [3.8, 4) is 5.75 Å². The lowest BCUT2D eigenvalue weighted by atomic mass is 9.95. The molecule has 44 heavy (non-hydrogen) atoms. The van der Waals surface area contributed by atoms with Crippen LogP contribution in [0.1, 0.15) is 50.2 Å².